The van der Waals surface area contributed by atoms with Crippen LogP contribution in [0, 0.1) is 6.92 Å². The second-order valence-electron chi connectivity index (χ2n) is 4.61. The smallest absolute Gasteiger partial charge is 0.185 e. The van der Waals surface area contributed by atoms with E-state index in [0.717, 1.165) is 30.3 Å². The van der Waals surface area contributed by atoms with Crippen LogP contribution in [0.25, 0.3) is 0 Å². The molecule has 0 radical (unpaired) electrons. The Morgan fingerprint density at radius 3 is 2.69 bits per heavy atom. The van der Waals surface area contributed by atoms with Gasteiger partial charge in [0.25, 0.3) is 0 Å². The van der Waals surface area contributed by atoms with Gasteiger partial charge in [0.15, 0.2) is 5.13 Å². The summed E-state index contributed by atoms with van der Waals surface area (Å²) in [5.74, 6) is 0. The van der Waals surface area contributed by atoms with Gasteiger partial charge in [-0.25, -0.2) is 4.98 Å². The van der Waals surface area contributed by atoms with E-state index < -0.39 is 0 Å². The molecule has 0 bridgehead atoms. The van der Waals surface area contributed by atoms with E-state index in [-0.39, 0.29) is 6.10 Å². The van der Waals surface area contributed by atoms with Crippen LogP contribution >= 0.6 is 11.3 Å². The summed E-state index contributed by atoms with van der Waals surface area (Å²) in [6, 6.07) is 0. The summed E-state index contributed by atoms with van der Waals surface area (Å²) in [4.78, 5) is 8.23. The number of rotatable bonds is 3. The summed E-state index contributed by atoms with van der Waals surface area (Å²) in [6.45, 7) is 6.16. The van der Waals surface area contributed by atoms with Crippen molar-refractivity contribution in [2.24, 2.45) is 0 Å². The van der Waals surface area contributed by atoms with E-state index in [2.05, 4.69) is 9.88 Å². The molecule has 1 N–H and O–H groups in total. The molecule has 1 aromatic rings. The van der Waals surface area contributed by atoms with Crippen molar-refractivity contribution in [2.75, 3.05) is 18.0 Å². The molecule has 1 atom stereocenters. The summed E-state index contributed by atoms with van der Waals surface area (Å²) in [6.07, 6.45) is 4.38. The van der Waals surface area contributed by atoms with Crippen molar-refractivity contribution >= 4 is 16.5 Å². The number of aliphatic hydroxyl groups excluding tert-OH is 1. The number of hydrogen-bond acceptors (Lipinski definition) is 4. The van der Waals surface area contributed by atoms with Crippen molar-refractivity contribution in [3.8, 4) is 0 Å². The average Bonchev–Trinajstić information content (AvgIpc) is 2.61. The Kier molecular flexibility index (Phi) is 3.82. The molecule has 0 aliphatic carbocycles. The molecule has 1 fully saturated rings. The van der Waals surface area contributed by atoms with Crippen molar-refractivity contribution in [1.29, 1.82) is 0 Å². The van der Waals surface area contributed by atoms with Gasteiger partial charge in [-0.15, -0.1) is 11.3 Å². The van der Waals surface area contributed by atoms with Crippen LogP contribution in [0.15, 0.2) is 0 Å². The summed E-state index contributed by atoms with van der Waals surface area (Å²) in [5, 5.41) is 10.6. The van der Waals surface area contributed by atoms with Gasteiger partial charge in [0.2, 0.25) is 0 Å². The molecule has 4 heteroatoms. The Hall–Kier alpha value is -0.610. The Morgan fingerprint density at radius 1 is 1.38 bits per heavy atom. The first-order valence-corrected chi connectivity index (χ1v) is 6.88. The summed E-state index contributed by atoms with van der Waals surface area (Å²) in [7, 11) is 0. The molecule has 0 unspecified atom stereocenters. The molecule has 1 aliphatic heterocycles. The minimum absolute atomic E-state index is 0.270. The van der Waals surface area contributed by atoms with Crippen molar-refractivity contribution in [1.82, 2.24) is 4.98 Å². The maximum Gasteiger partial charge on any atom is 0.185 e. The van der Waals surface area contributed by atoms with Gasteiger partial charge in [-0.2, -0.15) is 0 Å². The molecule has 1 aromatic heterocycles. The van der Waals surface area contributed by atoms with E-state index in [1.807, 2.05) is 13.8 Å². The SMILES string of the molecule is Cc1nc(N2CCCCC2)sc1C[C@H](C)O. The molecule has 1 aliphatic rings. The monoisotopic (exact) mass is 240 g/mol. The van der Waals surface area contributed by atoms with Crippen LogP contribution in [-0.2, 0) is 6.42 Å². The van der Waals surface area contributed by atoms with Crippen LogP contribution in [-0.4, -0.2) is 29.3 Å². The number of piperidine rings is 1. The minimum Gasteiger partial charge on any atom is -0.393 e. The third-order valence-electron chi connectivity index (χ3n) is 2.99. The fraction of sp³-hybridized carbons (Fsp3) is 0.750. The number of aryl methyl sites for hydroxylation is 1. The van der Waals surface area contributed by atoms with Crippen molar-refractivity contribution in [3.63, 3.8) is 0 Å². The van der Waals surface area contributed by atoms with E-state index in [4.69, 9.17) is 0 Å². The fourth-order valence-electron chi connectivity index (χ4n) is 2.09. The lowest BCUT2D eigenvalue weighted by Gasteiger charge is -2.25. The maximum absolute atomic E-state index is 9.42. The number of thiazole rings is 1. The number of hydrogen-bond donors (Lipinski definition) is 1. The van der Waals surface area contributed by atoms with Gasteiger partial charge in [0.1, 0.15) is 0 Å². The van der Waals surface area contributed by atoms with Gasteiger partial charge in [0, 0.05) is 24.4 Å². The zero-order chi connectivity index (χ0) is 11.5. The Balaban J connectivity index is 2.09. The van der Waals surface area contributed by atoms with E-state index in [1.165, 1.54) is 24.1 Å². The maximum atomic E-state index is 9.42. The van der Waals surface area contributed by atoms with Crippen molar-refractivity contribution < 1.29 is 5.11 Å². The predicted octanol–water partition coefficient (Wildman–Crippen LogP) is 2.37. The summed E-state index contributed by atoms with van der Waals surface area (Å²) in [5.41, 5.74) is 1.09. The van der Waals surface area contributed by atoms with Crippen LogP contribution in [0.5, 0.6) is 0 Å². The van der Waals surface area contributed by atoms with Gasteiger partial charge >= 0.3 is 0 Å². The zero-order valence-corrected chi connectivity index (χ0v) is 10.9. The minimum atomic E-state index is -0.270. The number of aromatic nitrogens is 1. The lowest BCUT2D eigenvalue weighted by molar-refractivity contribution is 0.196. The predicted molar refractivity (Wildman–Crippen MR) is 68.3 cm³/mol. The van der Waals surface area contributed by atoms with Crippen LogP contribution in [0.1, 0.15) is 36.8 Å². The molecular formula is C12H20N2OS. The van der Waals surface area contributed by atoms with Crippen LogP contribution < -0.4 is 4.90 Å². The fourth-order valence-corrected chi connectivity index (χ4v) is 3.32. The van der Waals surface area contributed by atoms with Gasteiger partial charge in [-0.3, -0.25) is 0 Å². The van der Waals surface area contributed by atoms with Crippen LogP contribution in [0.4, 0.5) is 5.13 Å². The Labute approximate surface area is 101 Å². The van der Waals surface area contributed by atoms with Crippen LogP contribution in [0.2, 0.25) is 0 Å². The molecule has 90 valence electrons. The Bertz CT molecular complexity index is 343. The normalized spacial score (nSPS) is 18.8. The number of anilines is 1. The van der Waals surface area contributed by atoms with Gasteiger partial charge in [-0.1, -0.05) is 0 Å². The van der Waals surface area contributed by atoms with Crippen molar-refractivity contribution in [2.45, 2.75) is 45.6 Å². The first-order valence-electron chi connectivity index (χ1n) is 6.06. The quantitative estimate of drug-likeness (QED) is 0.881. The lowest BCUT2D eigenvalue weighted by Crippen LogP contribution is -2.29. The van der Waals surface area contributed by atoms with Gasteiger partial charge in [0.05, 0.1) is 11.8 Å². The highest BCUT2D eigenvalue weighted by molar-refractivity contribution is 7.15. The molecule has 2 heterocycles. The van der Waals surface area contributed by atoms with Crippen LogP contribution in [0.3, 0.4) is 0 Å². The highest BCUT2D eigenvalue weighted by atomic mass is 32.1. The molecule has 3 nitrogen and oxygen atoms in total. The first-order chi connectivity index (χ1) is 7.66. The highest BCUT2D eigenvalue weighted by Gasteiger charge is 2.17. The van der Waals surface area contributed by atoms with E-state index in [0.29, 0.717) is 0 Å². The van der Waals surface area contributed by atoms with E-state index >= 15 is 0 Å². The standard InChI is InChI=1S/C12H20N2OS/c1-9(15)8-11-10(2)13-12(16-11)14-6-4-3-5-7-14/h9,15H,3-8H2,1-2H3/t9-/m0/s1. The highest BCUT2D eigenvalue weighted by Crippen LogP contribution is 2.28. The Morgan fingerprint density at radius 2 is 2.06 bits per heavy atom. The molecular weight excluding hydrogens is 220 g/mol. The molecule has 16 heavy (non-hydrogen) atoms. The van der Waals surface area contributed by atoms with E-state index in [1.54, 1.807) is 11.3 Å². The third kappa shape index (κ3) is 2.74. The second kappa shape index (κ2) is 5.15. The molecule has 1 saturated heterocycles. The second-order valence-corrected chi connectivity index (χ2v) is 5.67. The average molecular weight is 240 g/mol. The topological polar surface area (TPSA) is 36.4 Å². The van der Waals surface area contributed by atoms with Crippen molar-refractivity contribution in [3.05, 3.63) is 10.6 Å². The van der Waals surface area contributed by atoms with Gasteiger partial charge in [-0.05, 0) is 33.1 Å². The summed E-state index contributed by atoms with van der Waals surface area (Å²) < 4.78 is 0. The lowest BCUT2D eigenvalue weighted by atomic mass is 10.1. The molecule has 0 aromatic carbocycles. The van der Waals surface area contributed by atoms with E-state index in [9.17, 15) is 5.11 Å². The van der Waals surface area contributed by atoms with Gasteiger partial charge < -0.3 is 10.0 Å². The first kappa shape index (κ1) is 11.9. The molecule has 0 amide bonds. The largest absolute Gasteiger partial charge is 0.393 e. The molecule has 0 saturated carbocycles. The number of aliphatic hydroxyl groups is 1. The molecule has 0 spiro atoms. The third-order valence-corrected chi connectivity index (χ3v) is 4.23. The summed E-state index contributed by atoms with van der Waals surface area (Å²) >= 11 is 1.75. The zero-order valence-electron chi connectivity index (χ0n) is 10.1. The molecule has 2 rings (SSSR count). The number of nitrogens with zero attached hydrogens (tertiary/aromatic N) is 2.